The molecule has 2 amide bonds. The third kappa shape index (κ3) is 4.92. The number of rotatable bonds is 6. The number of likely N-dealkylation sites (N-methyl/N-ethyl adjacent to an activating group) is 1. The lowest BCUT2D eigenvalue weighted by Gasteiger charge is -2.21. The van der Waals surface area contributed by atoms with Crippen molar-refractivity contribution in [1.82, 2.24) is 19.7 Å². The number of hydrogen-bond acceptors (Lipinski definition) is 3. The SMILES string of the molecule is CN(CCc1ccccn1)C(=O)Nc1ccnn1CC1CC=CCC1. The Labute approximate surface area is 148 Å². The smallest absolute Gasteiger partial charge is 0.322 e. The molecular weight excluding hydrogens is 314 g/mol. The van der Waals surface area contributed by atoms with Crippen LogP contribution in [0.15, 0.2) is 48.8 Å². The van der Waals surface area contributed by atoms with Gasteiger partial charge in [-0.15, -0.1) is 0 Å². The van der Waals surface area contributed by atoms with E-state index < -0.39 is 0 Å². The maximum absolute atomic E-state index is 12.4. The van der Waals surface area contributed by atoms with Crippen molar-refractivity contribution < 1.29 is 4.79 Å². The molecule has 0 radical (unpaired) electrons. The van der Waals surface area contributed by atoms with Gasteiger partial charge in [-0.1, -0.05) is 18.2 Å². The molecular formula is C19H25N5O. The van der Waals surface area contributed by atoms with Crippen LogP contribution in [0.2, 0.25) is 0 Å². The highest BCUT2D eigenvalue weighted by Gasteiger charge is 2.15. The third-order valence-electron chi connectivity index (χ3n) is 4.54. The summed E-state index contributed by atoms with van der Waals surface area (Å²) in [6, 6.07) is 7.55. The van der Waals surface area contributed by atoms with Gasteiger partial charge >= 0.3 is 6.03 Å². The lowest BCUT2D eigenvalue weighted by atomic mass is 9.94. The standard InChI is InChI=1S/C19H25N5O/c1-23(14-11-17-9-5-6-12-20-17)19(25)22-18-10-13-21-24(18)15-16-7-3-2-4-8-16/h2-3,5-6,9-10,12-13,16H,4,7-8,11,14-15H2,1H3,(H,22,25). The summed E-state index contributed by atoms with van der Waals surface area (Å²) < 4.78 is 1.90. The predicted molar refractivity (Wildman–Crippen MR) is 98.3 cm³/mol. The van der Waals surface area contributed by atoms with Gasteiger partial charge in [0.05, 0.1) is 6.20 Å². The Hall–Kier alpha value is -2.63. The summed E-state index contributed by atoms with van der Waals surface area (Å²) in [7, 11) is 1.80. The van der Waals surface area contributed by atoms with Gasteiger partial charge in [0.1, 0.15) is 5.82 Å². The van der Waals surface area contributed by atoms with Gasteiger partial charge in [0.15, 0.2) is 0 Å². The molecule has 0 aliphatic heterocycles. The van der Waals surface area contributed by atoms with E-state index in [1.807, 2.05) is 28.9 Å². The fraction of sp³-hybridized carbons (Fsp3) is 0.421. The van der Waals surface area contributed by atoms with Crippen molar-refractivity contribution in [2.24, 2.45) is 5.92 Å². The van der Waals surface area contributed by atoms with Gasteiger partial charge in [-0.2, -0.15) is 5.10 Å². The highest BCUT2D eigenvalue weighted by molar-refractivity contribution is 5.88. The number of carbonyl (C=O) groups is 1. The fourth-order valence-corrected chi connectivity index (χ4v) is 2.99. The number of anilines is 1. The van der Waals surface area contributed by atoms with Crippen molar-refractivity contribution in [2.75, 3.05) is 18.9 Å². The molecule has 25 heavy (non-hydrogen) atoms. The topological polar surface area (TPSA) is 63.1 Å². The molecule has 0 saturated carbocycles. The molecule has 0 bridgehead atoms. The minimum absolute atomic E-state index is 0.124. The molecule has 3 rings (SSSR count). The fourth-order valence-electron chi connectivity index (χ4n) is 2.99. The van der Waals surface area contributed by atoms with Crippen LogP contribution in [-0.4, -0.2) is 39.3 Å². The molecule has 2 aromatic heterocycles. The molecule has 1 aliphatic rings. The molecule has 6 heteroatoms. The summed E-state index contributed by atoms with van der Waals surface area (Å²) in [5.74, 6) is 1.34. The predicted octanol–water partition coefficient (Wildman–Crippen LogP) is 3.34. The minimum atomic E-state index is -0.124. The molecule has 0 saturated heterocycles. The Morgan fingerprint density at radius 2 is 2.24 bits per heavy atom. The van der Waals surface area contributed by atoms with Gasteiger partial charge in [-0.25, -0.2) is 9.48 Å². The largest absolute Gasteiger partial charge is 0.327 e. The minimum Gasteiger partial charge on any atom is -0.327 e. The maximum atomic E-state index is 12.4. The molecule has 6 nitrogen and oxygen atoms in total. The molecule has 1 atom stereocenters. The first-order valence-electron chi connectivity index (χ1n) is 8.81. The maximum Gasteiger partial charge on any atom is 0.322 e. The first kappa shape index (κ1) is 17.2. The lowest BCUT2D eigenvalue weighted by Crippen LogP contribution is -2.34. The second-order valence-electron chi connectivity index (χ2n) is 6.47. The average molecular weight is 339 g/mol. The lowest BCUT2D eigenvalue weighted by molar-refractivity contribution is 0.222. The van der Waals surface area contributed by atoms with Crippen LogP contribution in [0.1, 0.15) is 25.0 Å². The van der Waals surface area contributed by atoms with Crippen LogP contribution >= 0.6 is 0 Å². The van der Waals surface area contributed by atoms with Gasteiger partial charge in [-0.05, 0) is 37.3 Å². The van der Waals surface area contributed by atoms with Gasteiger partial charge in [0, 0.05) is 44.5 Å². The molecule has 0 spiro atoms. The molecule has 2 aromatic rings. The third-order valence-corrected chi connectivity index (χ3v) is 4.54. The van der Waals surface area contributed by atoms with E-state index >= 15 is 0 Å². The molecule has 1 aliphatic carbocycles. The highest BCUT2D eigenvalue weighted by atomic mass is 16.2. The second kappa shape index (κ2) is 8.46. The first-order chi connectivity index (χ1) is 12.2. The van der Waals surface area contributed by atoms with Crippen molar-refractivity contribution in [2.45, 2.75) is 32.2 Å². The van der Waals surface area contributed by atoms with Crippen LogP contribution < -0.4 is 5.32 Å². The van der Waals surface area contributed by atoms with Crippen molar-refractivity contribution >= 4 is 11.8 Å². The van der Waals surface area contributed by atoms with E-state index in [1.54, 1.807) is 24.3 Å². The summed E-state index contributed by atoms with van der Waals surface area (Å²) in [5.41, 5.74) is 0.984. The molecule has 1 N–H and O–H groups in total. The quantitative estimate of drug-likeness (QED) is 0.821. The normalized spacial score (nSPS) is 16.6. The Bertz CT molecular complexity index is 710. The Balaban J connectivity index is 1.52. The molecule has 132 valence electrons. The molecule has 0 aromatic carbocycles. The van der Waals surface area contributed by atoms with Crippen molar-refractivity contribution in [3.63, 3.8) is 0 Å². The monoisotopic (exact) mass is 339 g/mol. The van der Waals surface area contributed by atoms with Gasteiger partial charge in [0.2, 0.25) is 0 Å². The van der Waals surface area contributed by atoms with Crippen molar-refractivity contribution in [1.29, 1.82) is 0 Å². The van der Waals surface area contributed by atoms with Gasteiger partial charge in [0.25, 0.3) is 0 Å². The van der Waals surface area contributed by atoms with Crippen molar-refractivity contribution in [3.8, 4) is 0 Å². The number of allylic oxidation sites excluding steroid dienone is 2. The van der Waals surface area contributed by atoms with Crippen LogP contribution in [0.5, 0.6) is 0 Å². The van der Waals surface area contributed by atoms with E-state index in [4.69, 9.17) is 0 Å². The second-order valence-corrected chi connectivity index (χ2v) is 6.47. The number of carbonyl (C=O) groups excluding carboxylic acids is 1. The Morgan fingerprint density at radius 3 is 3.00 bits per heavy atom. The number of urea groups is 1. The van der Waals surface area contributed by atoms with E-state index in [9.17, 15) is 4.79 Å². The van der Waals surface area contributed by atoms with E-state index in [-0.39, 0.29) is 6.03 Å². The summed E-state index contributed by atoms with van der Waals surface area (Å²) in [6.45, 7) is 1.45. The van der Waals surface area contributed by atoms with E-state index in [0.29, 0.717) is 12.5 Å². The number of aromatic nitrogens is 3. The number of pyridine rings is 1. The van der Waals surface area contributed by atoms with E-state index in [1.165, 1.54) is 6.42 Å². The van der Waals surface area contributed by atoms with Crippen LogP contribution in [0, 0.1) is 5.92 Å². The number of amides is 2. The van der Waals surface area contributed by atoms with Crippen LogP contribution in [-0.2, 0) is 13.0 Å². The summed E-state index contributed by atoms with van der Waals surface area (Å²) in [6.07, 6.45) is 12.1. The van der Waals surface area contributed by atoms with Crippen LogP contribution in [0.25, 0.3) is 0 Å². The summed E-state index contributed by atoms with van der Waals surface area (Å²) in [5, 5.41) is 7.33. The zero-order valence-corrected chi connectivity index (χ0v) is 14.6. The summed E-state index contributed by atoms with van der Waals surface area (Å²) in [4.78, 5) is 18.4. The van der Waals surface area contributed by atoms with Crippen LogP contribution in [0.4, 0.5) is 10.6 Å². The Kier molecular flexibility index (Phi) is 5.82. The average Bonchev–Trinajstić information content (AvgIpc) is 3.08. The first-order valence-corrected chi connectivity index (χ1v) is 8.81. The van der Waals surface area contributed by atoms with E-state index in [0.717, 1.165) is 37.3 Å². The zero-order valence-electron chi connectivity index (χ0n) is 14.6. The number of hydrogen-bond donors (Lipinski definition) is 1. The number of nitrogens with one attached hydrogen (secondary N) is 1. The zero-order chi connectivity index (χ0) is 17.5. The van der Waals surface area contributed by atoms with Crippen LogP contribution in [0.3, 0.4) is 0 Å². The van der Waals surface area contributed by atoms with Gasteiger partial charge < -0.3 is 4.90 Å². The highest BCUT2D eigenvalue weighted by Crippen LogP contribution is 2.21. The van der Waals surface area contributed by atoms with Crippen molar-refractivity contribution in [3.05, 3.63) is 54.5 Å². The Morgan fingerprint density at radius 1 is 1.32 bits per heavy atom. The molecule has 0 fully saturated rings. The molecule has 2 heterocycles. The molecule has 1 unspecified atom stereocenters. The van der Waals surface area contributed by atoms with E-state index in [2.05, 4.69) is 27.6 Å². The van der Waals surface area contributed by atoms with Gasteiger partial charge in [-0.3, -0.25) is 10.3 Å². The number of nitrogens with zero attached hydrogens (tertiary/aromatic N) is 4. The summed E-state index contributed by atoms with van der Waals surface area (Å²) >= 11 is 0.